The fraction of sp³-hybridized carbons (Fsp3) is 0.238. The minimum absolute atomic E-state index is 0.0569. The topological polar surface area (TPSA) is 102 Å². The van der Waals surface area contributed by atoms with Gasteiger partial charge in [0.25, 0.3) is 5.91 Å². The molecule has 4 aromatic rings. The number of piperidine rings is 1. The molecular formula is C21H19ClN8O. The molecule has 5 heterocycles. The van der Waals surface area contributed by atoms with Gasteiger partial charge >= 0.3 is 0 Å². The van der Waals surface area contributed by atoms with Gasteiger partial charge in [0.1, 0.15) is 11.2 Å². The molecule has 1 N–H and O–H groups in total. The first kappa shape index (κ1) is 19.5. The fourth-order valence-corrected chi connectivity index (χ4v) is 3.96. The fourth-order valence-electron chi connectivity index (χ4n) is 3.74. The van der Waals surface area contributed by atoms with Crippen LogP contribution in [0.2, 0.25) is 5.02 Å². The Morgan fingerprint density at radius 1 is 1.13 bits per heavy atom. The Kier molecular flexibility index (Phi) is 5.27. The predicted molar refractivity (Wildman–Crippen MR) is 116 cm³/mol. The number of nitrogens with one attached hydrogen (secondary N) is 1. The lowest BCUT2D eigenvalue weighted by atomic mass is 10.0. The van der Waals surface area contributed by atoms with Crippen molar-refractivity contribution in [3.63, 3.8) is 0 Å². The van der Waals surface area contributed by atoms with E-state index in [-0.39, 0.29) is 11.9 Å². The number of amides is 1. The Labute approximate surface area is 183 Å². The van der Waals surface area contributed by atoms with Crippen molar-refractivity contribution in [3.05, 3.63) is 65.7 Å². The average molecular weight is 435 g/mol. The Balaban J connectivity index is 1.48. The lowest BCUT2D eigenvalue weighted by Gasteiger charge is -2.34. The van der Waals surface area contributed by atoms with E-state index in [0.29, 0.717) is 39.9 Å². The average Bonchev–Trinajstić information content (AvgIpc) is 3.25. The highest BCUT2D eigenvalue weighted by atomic mass is 35.5. The lowest BCUT2D eigenvalue weighted by Crippen LogP contribution is -2.49. The molecule has 0 aliphatic carbocycles. The van der Waals surface area contributed by atoms with Gasteiger partial charge in [0.15, 0.2) is 11.5 Å². The molecule has 1 unspecified atom stereocenters. The maximum absolute atomic E-state index is 13.5. The largest absolute Gasteiger partial charge is 0.315 e. The van der Waals surface area contributed by atoms with Gasteiger partial charge in [-0.1, -0.05) is 16.8 Å². The third-order valence-electron chi connectivity index (χ3n) is 5.24. The zero-order chi connectivity index (χ0) is 21.2. The van der Waals surface area contributed by atoms with E-state index in [2.05, 4.69) is 30.6 Å². The maximum atomic E-state index is 13.5. The third-order valence-corrected chi connectivity index (χ3v) is 5.54. The second-order valence-corrected chi connectivity index (χ2v) is 7.64. The Hall–Kier alpha value is -3.43. The molecule has 0 radical (unpaired) electrons. The number of hydrogen-bond donors (Lipinski definition) is 1. The molecule has 1 saturated heterocycles. The van der Waals surface area contributed by atoms with Gasteiger partial charge in [-0.15, -0.1) is 5.10 Å². The highest BCUT2D eigenvalue weighted by molar-refractivity contribution is 6.33. The molecular weight excluding hydrogens is 416 g/mol. The number of fused-ring (bicyclic) bond motifs is 1. The van der Waals surface area contributed by atoms with E-state index in [9.17, 15) is 4.79 Å². The number of halogens is 1. The van der Waals surface area contributed by atoms with Gasteiger partial charge < -0.3 is 5.32 Å². The molecule has 9 nitrogen and oxygen atoms in total. The highest BCUT2D eigenvalue weighted by Crippen LogP contribution is 2.28. The number of rotatable bonds is 4. The number of anilines is 1. The monoisotopic (exact) mass is 434 g/mol. The summed E-state index contributed by atoms with van der Waals surface area (Å²) in [5, 5.41) is 12.0. The van der Waals surface area contributed by atoms with Crippen LogP contribution in [0.15, 0.2) is 55.0 Å². The van der Waals surface area contributed by atoms with E-state index >= 15 is 0 Å². The maximum Gasteiger partial charge on any atom is 0.278 e. The van der Waals surface area contributed by atoms with Gasteiger partial charge in [0.2, 0.25) is 0 Å². The molecule has 1 fully saturated rings. The summed E-state index contributed by atoms with van der Waals surface area (Å²) in [6.07, 6.45) is 6.74. The van der Waals surface area contributed by atoms with Crippen LogP contribution in [0.3, 0.4) is 0 Å². The summed E-state index contributed by atoms with van der Waals surface area (Å²) in [4.78, 5) is 28.3. The van der Waals surface area contributed by atoms with Crippen molar-refractivity contribution < 1.29 is 4.79 Å². The van der Waals surface area contributed by atoms with Crippen molar-refractivity contribution in [3.8, 4) is 5.69 Å². The highest BCUT2D eigenvalue weighted by Gasteiger charge is 2.30. The van der Waals surface area contributed by atoms with Gasteiger partial charge in [-0.3, -0.25) is 9.69 Å². The predicted octanol–water partition coefficient (Wildman–Crippen LogP) is 2.66. The quantitative estimate of drug-likeness (QED) is 0.526. The van der Waals surface area contributed by atoms with E-state index in [4.69, 9.17) is 11.6 Å². The number of hydrogen-bond acceptors (Lipinski definition) is 7. The van der Waals surface area contributed by atoms with Crippen LogP contribution in [0, 0.1) is 0 Å². The molecule has 1 aliphatic heterocycles. The lowest BCUT2D eigenvalue weighted by molar-refractivity contribution is 0.0966. The number of nitrogens with zero attached hydrogens (tertiary/aromatic N) is 7. The molecule has 1 aliphatic rings. The van der Waals surface area contributed by atoms with Crippen LogP contribution < -0.4 is 10.2 Å². The van der Waals surface area contributed by atoms with E-state index in [1.165, 1.54) is 0 Å². The summed E-state index contributed by atoms with van der Waals surface area (Å²) in [6, 6.07) is 10.5. The van der Waals surface area contributed by atoms with Crippen LogP contribution in [0.4, 0.5) is 5.82 Å². The molecule has 5 rings (SSSR count). The van der Waals surface area contributed by atoms with Crippen molar-refractivity contribution in [2.75, 3.05) is 18.0 Å². The SMILES string of the molecule is O=C(c1ccc(-n2nnc3cccnc32)cn1)N(c1ncccc1Cl)C1CCCNC1. The molecule has 0 aromatic carbocycles. The first-order valence-electron chi connectivity index (χ1n) is 10.00. The number of carbonyl (C=O) groups excluding carboxylic acids is 1. The zero-order valence-corrected chi connectivity index (χ0v) is 17.3. The number of aromatic nitrogens is 6. The van der Waals surface area contributed by atoms with Crippen molar-refractivity contribution >= 4 is 34.5 Å². The molecule has 0 saturated carbocycles. The summed E-state index contributed by atoms with van der Waals surface area (Å²) in [7, 11) is 0. The second kappa shape index (κ2) is 8.37. The van der Waals surface area contributed by atoms with Crippen LogP contribution in [0.25, 0.3) is 16.9 Å². The minimum atomic E-state index is -0.248. The van der Waals surface area contributed by atoms with Crippen LogP contribution in [-0.4, -0.2) is 55.0 Å². The van der Waals surface area contributed by atoms with Gasteiger partial charge in [-0.25, -0.2) is 15.0 Å². The molecule has 0 spiro atoms. The van der Waals surface area contributed by atoms with Crippen molar-refractivity contribution in [2.24, 2.45) is 0 Å². The summed E-state index contributed by atoms with van der Waals surface area (Å²) in [5.41, 5.74) is 2.27. The van der Waals surface area contributed by atoms with Gasteiger partial charge in [-0.05, 0) is 55.8 Å². The molecule has 4 aromatic heterocycles. The summed E-state index contributed by atoms with van der Waals surface area (Å²) in [6.45, 7) is 1.61. The number of carbonyl (C=O) groups is 1. The Bertz CT molecular complexity index is 1220. The Morgan fingerprint density at radius 2 is 2.00 bits per heavy atom. The van der Waals surface area contributed by atoms with E-state index in [1.54, 1.807) is 58.5 Å². The van der Waals surface area contributed by atoms with E-state index in [1.807, 2.05) is 6.07 Å². The first-order chi connectivity index (χ1) is 15.2. The smallest absolute Gasteiger partial charge is 0.278 e. The summed E-state index contributed by atoms with van der Waals surface area (Å²) >= 11 is 6.40. The standard InChI is InChI=1S/C21H19ClN8O/c22-16-5-2-10-24-19(16)29(14-4-1-9-23-12-14)21(31)18-8-7-15(13-26-18)30-20-17(27-28-30)6-3-11-25-20/h2-3,5-8,10-11,13-14,23H,1,4,9,12H2. The van der Waals surface area contributed by atoms with Gasteiger partial charge in [0, 0.05) is 18.9 Å². The second-order valence-electron chi connectivity index (χ2n) is 7.23. The summed E-state index contributed by atoms with van der Waals surface area (Å²) < 4.78 is 1.59. The van der Waals surface area contributed by atoms with Gasteiger partial charge in [-0.2, -0.15) is 4.68 Å². The molecule has 0 bridgehead atoms. The van der Waals surface area contributed by atoms with Crippen molar-refractivity contribution in [1.29, 1.82) is 0 Å². The Morgan fingerprint density at radius 3 is 2.77 bits per heavy atom. The molecule has 1 atom stereocenters. The normalized spacial score (nSPS) is 16.4. The van der Waals surface area contributed by atoms with Crippen molar-refractivity contribution in [1.82, 2.24) is 35.3 Å². The van der Waals surface area contributed by atoms with E-state index in [0.717, 1.165) is 19.4 Å². The molecule has 31 heavy (non-hydrogen) atoms. The van der Waals surface area contributed by atoms with Crippen LogP contribution in [-0.2, 0) is 0 Å². The van der Waals surface area contributed by atoms with Crippen LogP contribution >= 0.6 is 11.6 Å². The van der Waals surface area contributed by atoms with Crippen LogP contribution in [0.5, 0.6) is 0 Å². The van der Waals surface area contributed by atoms with Crippen LogP contribution in [0.1, 0.15) is 23.3 Å². The zero-order valence-electron chi connectivity index (χ0n) is 16.5. The molecule has 10 heteroatoms. The third kappa shape index (κ3) is 3.73. The summed E-state index contributed by atoms with van der Waals surface area (Å²) in [5.74, 6) is 0.197. The molecule has 156 valence electrons. The van der Waals surface area contributed by atoms with Gasteiger partial charge in [0.05, 0.1) is 22.9 Å². The van der Waals surface area contributed by atoms with Crippen molar-refractivity contribution in [2.45, 2.75) is 18.9 Å². The molecule has 1 amide bonds. The number of pyridine rings is 3. The first-order valence-corrected chi connectivity index (χ1v) is 10.4. The van der Waals surface area contributed by atoms with E-state index < -0.39 is 0 Å². The minimum Gasteiger partial charge on any atom is -0.315 e.